The average Bonchev–Trinajstić information content (AvgIpc) is 2.53. The molecule has 0 radical (unpaired) electrons. The summed E-state index contributed by atoms with van der Waals surface area (Å²) >= 11 is 0. The van der Waals surface area contributed by atoms with Gasteiger partial charge in [0.25, 0.3) is 0 Å². The quantitative estimate of drug-likeness (QED) is 0.584. The van der Waals surface area contributed by atoms with Crippen LogP contribution in [0.3, 0.4) is 0 Å². The Morgan fingerprint density at radius 1 is 1.05 bits per heavy atom. The van der Waals surface area contributed by atoms with Gasteiger partial charge in [0.15, 0.2) is 0 Å². The highest BCUT2D eigenvalue weighted by molar-refractivity contribution is 6.12. The Balaban J connectivity index is 2.43. The van der Waals surface area contributed by atoms with Crippen LogP contribution in [0, 0.1) is 6.92 Å². The van der Waals surface area contributed by atoms with Gasteiger partial charge in [-0.05, 0) is 68.4 Å². The number of fused-ring (bicyclic) bond motifs is 2. The van der Waals surface area contributed by atoms with Crippen LogP contribution in [-0.2, 0) is 6.42 Å². The SMILES string of the molecule is C=Cc1cccc2c1c(=C)c1c3c(c(C)ccc32)=CCC1. The summed E-state index contributed by atoms with van der Waals surface area (Å²) in [5, 5.41) is 7.93. The Hall–Kier alpha value is -2.34. The Morgan fingerprint density at radius 2 is 1.86 bits per heavy atom. The molecule has 3 aromatic rings. The van der Waals surface area contributed by atoms with E-state index in [4.69, 9.17) is 0 Å². The first-order chi connectivity index (χ1) is 10.2. The van der Waals surface area contributed by atoms with Crippen LogP contribution >= 0.6 is 0 Å². The molecule has 1 aliphatic carbocycles. The molecule has 0 aromatic heterocycles. The van der Waals surface area contributed by atoms with Gasteiger partial charge in [0.05, 0.1) is 0 Å². The van der Waals surface area contributed by atoms with E-state index in [0.717, 1.165) is 12.8 Å². The Morgan fingerprint density at radius 3 is 2.67 bits per heavy atom. The zero-order valence-electron chi connectivity index (χ0n) is 12.4. The van der Waals surface area contributed by atoms with Crippen LogP contribution in [0.15, 0.2) is 36.9 Å². The smallest absolute Gasteiger partial charge is 0.00358 e. The second-order valence-electron chi connectivity index (χ2n) is 5.89. The molecule has 0 saturated carbocycles. The number of hydrogen-bond acceptors (Lipinski definition) is 0. The number of hydrogen-bond donors (Lipinski definition) is 0. The van der Waals surface area contributed by atoms with Crippen LogP contribution in [0.5, 0.6) is 0 Å². The van der Waals surface area contributed by atoms with Crippen molar-refractivity contribution in [3.63, 3.8) is 0 Å². The minimum Gasteiger partial charge on any atom is -0.0984 e. The lowest BCUT2D eigenvalue weighted by atomic mass is 9.86. The second-order valence-corrected chi connectivity index (χ2v) is 5.89. The van der Waals surface area contributed by atoms with Crippen molar-refractivity contribution in [2.45, 2.75) is 19.8 Å². The predicted molar refractivity (Wildman–Crippen MR) is 93.8 cm³/mol. The van der Waals surface area contributed by atoms with Crippen molar-refractivity contribution < 1.29 is 0 Å². The molecule has 0 unspecified atom stereocenters. The molecule has 0 bridgehead atoms. The van der Waals surface area contributed by atoms with E-state index in [1.54, 1.807) is 0 Å². The number of aryl methyl sites for hydroxylation is 2. The molecule has 0 heteroatoms. The monoisotopic (exact) mass is 270 g/mol. The maximum Gasteiger partial charge on any atom is -0.00358 e. The number of benzene rings is 3. The standard InChI is InChI=1S/C21H18/c1-4-15-7-5-10-18-19-12-11-13(2)16-8-6-9-17(21(16)19)14(3)20(15)18/h4-5,7-8,10-12H,1,3,6,9H2,2H3. The summed E-state index contributed by atoms with van der Waals surface area (Å²) in [4.78, 5) is 0. The van der Waals surface area contributed by atoms with Gasteiger partial charge >= 0.3 is 0 Å². The second kappa shape index (κ2) is 4.33. The Kier molecular flexibility index (Phi) is 2.56. The molecule has 0 saturated heterocycles. The molecule has 102 valence electrons. The average molecular weight is 270 g/mol. The van der Waals surface area contributed by atoms with Crippen molar-refractivity contribution >= 4 is 40.3 Å². The van der Waals surface area contributed by atoms with Gasteiger partial charge in [0.1, 0.15) is 0 Å². The largest absolute Gasteiger partial charge is 0.0984 e. The van der Waals surface area contributed by atoms with E-state index in [1.807, 2.05) is 6.08 Å². The van der Waals surface area contributed by atoms with Crippen molar-refractivity contribution in [3.8, 4) is 0 Å². The van der Waals surface area contributed by atoms with E-state index >= 15 is 0 Å². The first-order valence-electron chi connectivity index (χ1n) is 7.51. The highest BCUT2D eigenvalue weighted by atomic mass is 14.2. The van der Waals surface area contributed by atoms with Gasteiger partial charge in [-0.3, -0.25) is 0 Å². The van der Waals surface area contributed by atoms with Crippen LogP contribution in [0.2, 0.25) is 0 Å². The lowest BCUT2D eigenvalue weighted by Crippen LogP contribution is -2.21. The number of rotatable bonds is 1. The molecule has 0 fully saturated rings. The molecular weight excluding hydrogens is 252 g/mol. The predicted octanol–water partition coefficient (Wildman–Crippen LogP) is 4.08. The summed E-state index contributed by atoms with van der Waals surface area (Å²) in [5.41, 5.74) is 3.97. The molecule has 0 spiro atoms. The highest BCUT2D eigenvalue weighted by Gasteiger charge is 2.14. The third-order valence-corrected chi connectivity index (χ3v) is 4.78. The van der Waals surface area contributed by atoms with Crippen LogP contribution in [0.25, 0.3) is 40.3 Å². The molecule has 0 amide bonds. The molecule has 0 atom stereocenters. The molecule has 0 heterocycles. The van der Waals surface area contributed by atoms with Gasteiger partial charge in [-0.1, -0.05) is 55.6 Å². The summed E-state index contributed by atoms with van der Waals surface area (Å²) in [7, 11) is 0. The Labute approximate surface area is 124 Å². The van der Waals surface area contributed by atoms with Crippen LogP contribution in [0.4, 0.5) is 0 Å². The fourth-order valence-corrected chi connectivity index (χ4v) is 3.78. The Bertz CT molecular complexity index is 1020. The molecule has 21 heavy (non-hydrogen) atoms. The van der Waals surface area contributed by atoms with E-state index in [1.165, 1.54) is 48.7 Å². The summed E-state index contributed by atoms with van der Waals surface area (Å²) in [6.07, 6.45) is 6.53. The normalized spacial score (nSPS) is 13.4. The molecule has 0 nitrogen and oxygen atoms in total. The molecule has 1 aliphatic rings. The van der Waals surface area contributed by atoms with Crippen LogP contribution in [0.1, 0.15) is 23.1 Å². The summed E-state index contributed by atoms with van der Waals surface area (Å²) in [6, 6.07) is 11.0. The maximum absolute atomic E-state index is 4.42. The molecule has 3 aromatic carbocycles. The van der Waals surface area contributed by atoms with Crippen LogP contribution < -0.4 is 10.4 Å². The fraction of sp³-hybridized carbons (Fsp3) is 0.143. The van der Waals surface area contributed by atoms with Crippen molar-refractivity contribution in [3.05, 3.63) is 64.0 Å². The van der Waals surface area contributed by atoms with Crippen molar-refractivity contribution in [2.24, 2.45) is 0 Å². The minimum atomic E-state index is 1.09. The van der Waals surface area contributed by atoms with E-state index in [0.29, 0.717) is 0 Å². The zero-order chi connectivity index (χ0) is 14.6. The van der Waals surface area contributed by atoms with Gasteiger partial charge in [0, 0.05) is 0 Å². The zero-order valence-corrected chi connectivity index (χ0v) is 12.4. The minimum absolute atomic E-state index is 1.09. The van der Waals surface area contributed by atoms with E-state index in [-0.39, 0.29) is 0 Å². The molecule has 0 aliphatic heterocycles. The maximum atomic E-state index is 4.42. The first kappa shape index (κ1) is 12.4. The molecule has 0 N–H and O–H groups in total. The van der Waals surface area contributed by atoms with E-state index < -0.39 is 0 Å². The highest BCUT2D eigenvalue weighted by Crippen LogP contribution is 2.28. The van der Waals surface area contributed by atoms with Crippen molar-refractivity contribution in [2.75, 3.05) is 0 Å². The lowest BCUT2D eigenvalue weighted by molar-refractivity contribution is 1.03. The van der Waals surface area contributed by atoms with Crippen LogP contribution in [-0.4, -0.2) is 0 Å². The summed E-state index contributed by atoms with van der Waals surface area (Å²) in [6.45, 7) is 10.6. The molecule has 4 rings (SSSR count). The van der Waals surface area contributed by atoms with Crippen molar-refractivity contribution in [1.29, 1.82) is 0 Å². The summed E-state index contributed by atoms with van der Waals surface area (Å²) < 4.78 is 0. The summed E-state index contributed by atoms with van der Waals surface area (Å²) in [5.74, 6) is 0. The third kappa shape index (κ3) is 1.56. The van der Waals surface area contributed by atoms with Gasteiger partial charge in [-0.15, -0.1) is 0 Å². The topological polar surface area (TPSA) is 0 Å². The van der Waals surface area contributed by atoms with Gasteiger partial charge in [0.2, 0.25) is 0 Å². The molecular formula is C21H18. The van der Waals surface area contributed by atoms with Crippen molar-refractivity contribution in [1.82, 2.24) is 0 Å². The van der Waals surface area contributed by atoms with Gasteiger partial charge < -0.3 is 0 Å². The van der Waals surface area contributed by atoms with E-state index in [9.17, 15) is 0 Å². The van der Waals surface area contributed by atoms with E-state index in [2.05, 4.69) is 56.5 Å². The lowest BCUT2D eigenvalue weighted by Gasteiger charge is -2.18. The third-order valence-electron chi connectivity index (χ3n) is 4.78. The van der Waals surface area contributed by atoms with Gasteiger partial charge in [-0.2, -0.15) is 0 Å². The van der Waals surface area contributed by atoms with Gasteiger partial charge in [-0.25, -0.2) is 0 Å². The fourth-order valence-electron chi connectivity index (χ4n) is 3.78. The first-order valence-corrected chi connectivity index (χ1v) is 7.51.